The molecule has 6 aliphatic rings. The number of ether oxygens (including phenoxy) is 3. The maximum atomic E-state index is 12.7. The number of aryl methyl sites for hydroxylation is 2. The average molecular weight is 705 g/mol. The number of carbonyl (C=O) groups is 1. The van der Waals surface area contributed by atoms with Crippen molar-refractivity contribution < 1.29 is 24.1 Å². The summed E-state index contributed by atoms with van der Waals surface area (Å²) in [6.07, 6.45) is 4.72. The minimum Gasteiger partial charge on any atom is -0.500 e. The van der Waals surface area contributed by atoms with Gasteiger partial charge in [0, 0.05) is 83.2 Å². The first-order valence-corrected chi connectivity index (χ1v) is 19.4. The summed E-state index contributed by atoms with van der Waals surface area (Å²) in [4.78, 5) is 17.8. The highest BCUT2D eigenvalue weighted by molar-refractivity contribution is 5.94. The van der Waals surface area contributed by atoms with Crippen LogP contribution in [0.1, 0.15) is 72.8 Å². The Balaban J connectivity index is 1.04. The molecule has 52 heavy (non-hydrogen) atoms. The lowest BCUT2D eigenvalue weighted by Crippen LogP contribution is -2.59. The van der Waals surface area contributed by atoms with Gasteiger partial charge in [-0.25, -0.2) is 0 Å². The Labute approximate surface area is 306 Å². The molecule has 0 amide bonds. The molecular weight excluding hydrogens is 652 g/mol. The number of ketones is 1. The monoisotopic (exact) mass is 704 g/mol. The van der Waals surface area contributed by atoms with Gasteiger partial charge >= 0.3 is 0 Å². The molecule has 3 fully saturated rings. The number of aliphatic hydroxyl groups is 1. The SMILES string of the molecule is COc1cc2c(cc1[C@H](C)[C@@H]1[C@@H]3C[C@H]4c5c(c6ccccc6n5C)C[C@@H]([C@@H]3CO[C@H]1O)N4C)c1c(n2C)[C@@H]2C[C@H]3C(C(C)=O)=COC[C@H]3[C@H](C1)N2C. The van der Waals surface area contributed by atoms with Crippen molar-refractivity contribution in [3.63, 3.8) is 0 Å². The van der Waals surface area contributed by atoms with Crippen LogP contribution in [0.2, 0.25) is 0 Å². The Morgan fingerprint density at radius 1 is 0.865 bits per heavy atom. The number of para-hydroxylation sites is 1. The summed E-state index contributed by atoms with van der Waals surface area (Å²) >= 11 is 0. The predicted octanol–water partition coefficient (Wildman–Crippen LogP) is 6.02. The molecular formula is C43H52N4O5. The molecule has 0 unspecified atom stereocenters. The fourth-order valence-corrected chi connectivity index (χ4v) is 12.6. The first kappa shape index (κ1) is 33.0. The maximum absolute atomic E-state index is 12.7. The number of piperidine rings is 2. The van der Waals surface area contributed by atoms with Gasteiger partial charge in [-0.1, -0.05) is 25.1 Å². The smallest absolute Gasteiger partial charge is 0.159 e. The molecule has 4 aromatic rings. The van der Waals surface area contributed by atoms with E-state index in [4.69, 9.17) is 14.2 Å². The molecule has 0 aliphatic carbocycles. The van der Waals surface area contributed by atoms with E-state index in [1.54, 1.807) is 20.3 Å². The fraction of sp³-hybridized carbons (Fsp3) is 0.558. The highest BCUT2D eigenvalue weighted by Crippen LogP contribution is 2.56. The normalized spacial score (nSPS) is 34.5. The van der Waals surface area contributed by atoms with E-state index < -0.39 is 6.29 Å². The molecule has 9 nitrogen and oxygen atoms in total. The van der Waals surface area contributed by atoms with E-state index in [9.17, 15) is 9.90 Å². The Morgan fingerprint density at radius 2 is 1.54 bits per heavy atom. The zero-order valence-electron chi connectivity index (χ0n) is 31.5. The highest BCUT2D eigenvalue weighted by atomic mass is 16.6. The zero-order chi connectivity index (χ0) is 35.9. The van der Waals surface area contributed by atoms with Gasteiger partial charge in [-0.2, -0.15) is 0 Å². The number of carbonyl (C=O) groups excluding carboxylic acids is 1. The van der Waals surface area contributed by atoms with E-state index in [2.05, 4.69) is 90.4 Å². The molecule has 3 saturated heterocycles. The molecule has 10 rings (SSSR count). The number of fused-ring (bicyclic) bond motifs is 16. The lowest BCUT2D eigenvalue weighted by molar-refractivity contribution is -0.226. The van der Waals surface area contributed by atoms with Crippen molar-refractivity contribution in [1.29, 1.82) is 0 Å². The van der Waals surface area contributed by atoms with Crippen LogP contribution in [0.4, 0.5) is 0 Å². The summed E-state index contributed by atoms with van der Waals surface area (Å²) in [5.41, 5.74) is 10.2. The molecule has 0 radical (unpaired) electrons. The van der Waals surface area contributed by atoms with Crippen molar-refractivity contribution in [3.05, 3.63) is 76.3 Å². The quantitative estimate of drug-likeness (QED) is 0.279. The van der Waals surface area contributed by atoms with E-state index in [-0.39, 0.29) is 35.5 Å². The number of aromatic nitrogens is 2. The van der Waals surface area contributed by atoms with Crippen LogP contribution in [0.3, 0.4) is 0 Å². The summed E-state index contributed by atoms with van der Waals surface area (Å²) in [5.74, 6) is 2.08. The van der Waals surface area contributed by atoms with Gasteiger partial charge in [0.1, 0.15) is 5.75 Å². The van der Waals surface area contributed by atoms with Gasteiger partial charge in [-0.15, -0.1) is 0 Å². The first-order valence-electron chi connectivity index (χ1n) is 19.4. The van der Waals surface area contributed by atoms with Crippen LogP contribution in [0.25, 0.3) is 21.8 Å². The zero-order valence-corrected chi connectivity index (χ0v) is 31.5. The first-order chi connectivity index (χ1) is 25.1. The van der Waals surface area contributed by atoms with Crippen molar-refractivity contribution in [1.82, 2.24) is 18.9 Å². The summed E-state index contributed by atoms with van der Waals surface area (Å²) in [7, 11) is 10.8. The predicted molar refractivity (Wildman–Crippen MR) is 200 cm³/mol. The Hall–Kier alpha value is -3.63. The number of rotatable bonds is 4. The van der Waals surface area contributed by atoms with Gasteiger partial charge in [0.25, 0.3) is 0 Å². The largest absolute Gasteiger partial charge is 0.500 e. The van der Waals surface area contributed by atoms with Gasteiger partial charge in [0.2, 0.25) is 0 Å². The molecule has 0 saturated carbocycles. The molecule has 0 spiro atoms. The maximum Gasteiger partial charge on any atom is 0.159 e. The number of likely N-dealkylation sites (N-methyl/N-ethyl adjacent to an activating group) is 2. The van der Waals surface area contributed by atoms with Crippen LogP contribution >= 0.6 is 0 Å². The van der Waals surface area contributed by atoms with E-state index in [1.165, 1.54) is 44.3 Å². The number of hydrogen-bond donors (Lipinski definition) is 1. The van der Waals surface area contributed by atoms with Gasteiger partial charge in [0.15, 0.2) is 12.1 Å². The molecule has 8 heterocycles. The lowest BCUT2D eigenvalue weighted by Gasteiger charge is -2.57. The van der Waals surface area contributed by atoms with Gasteiger partial charge in [-0.3, -0.25) is 14.6 Å². The molecule has 11 atom stereocenters. The van der Waals surface area contributed by atoms with E-state index >= 15 is 0 Å². The van der Waals surface area contributed by atoms with Crippen LogP contribution in [-0.4, -0.2) is 82.6 Å². The van der Waals surface area contributed by atoms with E-state index in [1.807, 2.05) is 0 Å². The lowest BCUT2D eigenvalue weighted by atomic mass is 9.62. The van der Waals surface area contributed by atoms with E-state index in [0.717, 1.165) is 42.6 Å². The minimum atomic E-state index is -0.836. The fourth-order valence-electron chi connectivity index (χ4n) is 12.6. The topological polar surface area (TPSA) is 81.3 Å². The number of aliphatic hydroxyl groups excluding tert-OH is 1. The summed E-state index contributed by atoms with van der Waals surface area (Å²) in [5, 5.41) is 14.4. The van der Waals surface area contributed by atoms with Crippen LogP contribution in [-0.2, 0) is 41.2 Å². The molecule has 2 aromatic carbocycles. The van der Waals surface area contributed by atoms with Crippen LogP contribution in [0, 0.1) is 29.6 Å². The van der Waals surface area contributed by atoms with Crippen molar-refractivity contribution >= 4 is 27.6 Å². The van der Waals surface area contributed by atoms with E-state index in [0.29, 0.717) is 43.2 Å². The third kappa shape index (κ3) is 4.34. The van der Waals surface area contributed by atoms with Gasteiger partial charge in [0.05, 0.1) is 44.2 Å². The highest BCUT2D eigenvalue weighted by Gasteiger charge is 2.55. The van der Waals surface area contributed by atoms with Crippen molar-refractivity contribution in [2.75, 3.05) is 34.4 Å². The second-order valence-electron chi connectivity index (χ2n) is 17.0. The van der Waals surface area contributed by atoms with Crippen molar-refractivity contribution in [2.45, 2.75) is 75.9 Å². The number of allylic oxidation sites excluding steroid dienone is 1. The molecule has 1 N–H and O–H groups in total. The van der Waals surface area contributed by atoms with Crippen LogP contribution in [0.5, 0.6) is 5.75 Å². The molecule has 274 valence electrons. The van der Waals surface area contributed by atoms with Gasteiger partial charge in [-0.05, 0) is 93.3 Å². The second kappa shape index (κ2) is 11.7. The number of hydrogen-bond acceptors (Lipinski definition) is 7. The molecule has 2 aromatic heterocycles. The van der Waals surface area contributed by atoms with Gasteiger partial charge < -0.3 is 28.5 Å². The summed E-state index contributed by atoms with van der Waals surface area (Å²) in [6.45, 7) is 5.20. The molecule has 4 bridgehead atoms. The number of benzene rings is 2. The molecule has 6 aliphatic heterocycles. The number of methoxy groups -OCH3 is 1. The summed E-state index contributed by atoms with van der Waals surface area (Å²) < 4.78 is 23.3. The number of Topliss-reactive ketones (excluding diaryl/α,β-unsaturated/α-hetero) is 1. The second-order valence-corrected chi connectivity index (χ2v) is 17.0. The molecule has 9 heteroatoms. The third-order valence-corrected chi connectivity index (χ3v) is 15.1. The Bertz CT molecular complexity index is 2160. The number of nitrogens with zero attached hydrogens (tertiary/aromatic N) is 4. The van der Waals surface area contributed by atoms with Crippen LogP contribution < -0.4 is 4.74 Å². The average Bonchev–Trinajstić information content (AvgIpc) is 3.56. The third-order valence-electron chi connectivity index (χ3n) is 15.1. The Morgan fingerprint density at radius 3 is 2.27 bits per heavy atom. The Kier molecular flexibility index (Phi) is 7.41. The van der Waals surface area contributed by atoms with Crippen molar-refractivity contribution in [3.8, 4) is 5.75 Å². The van der Waals surface area contributed by atoms with Crippen LogP contribution in [0.15, 0.2) is 48.2 Å². The van der Waals surface area contributed by atoms with Crippen molar-refractivity contribution in [2.24, 2.45) is 43.7 Å². The summed E-state index contributed by atoms with van der Waals surface area (Å²) in [6, 6.07) is 14.6. The minimum absolute atomic E-state index is 0.0132. The standard InChI is InChI=1S/C43H52N4O5/c1-21(40-27-14-38-41-28(23-10-8-9-11-33(23)46(41)5)15-35(45(38)4)32(27)20-52-43(40)49)24-12-26-29-16-34-31-19-51-18-30(22(2)48)25(31)13-37(44(34)3)42(29)47(6)36(26)17-39(24)50-7/h8-12,17-18,21,25,27,31-32,34-35,37-38,40,43,49H,13-16,19-20H2,1-7H3/t21-,25-,27+,31+,32+,34-,35-,37-,38-,40+,43+/m0/s1.